The molecule has 0 heterocycles. The Kier molecular flexibility index (Phi) is 8.61. The first-order chi connectivity index (χ1) is 16.4. The van der Waals surface area contributed by atoms with Crippen LogP contribution in [0.3, 0.4) is 0 Å². The van der Waals surface area contributed by atoms with Crippen molar-refractivity contribution in [1.29, 1.82) is 0 Å². The summed E-state index contributed by atoms with van der Waals surface area (Å²) in [5.41, 5.74) is 1.90. The van der Waals surface area contributed by atoms with Gasteiger partial charge < -0.3 is 0 Å². The van der Waals surface area contributed by atoms with Crippen LogP contribution in [0, 0.1) is 0 Å². The van der Waals surface area contributed by atoms with Crippen molar-refractivity contribution in [2.45, 2.75) is 9.79 Å². The molecule has 4 aromatic carbocycles. The minimum atomic E-state index is -4.30. The molecule has 182 valence electrons. The predicted octanol–water partition coefficient (Wildman–Crippen LogP) is 7.16. The SMILES string of the molecule is O=S(=O)(O)c1ccc(Cl)cc1-c1ccccc1.O=S(=O)(O)c1ccccc1-c1ccc(Cl)cc1Cl. The second-order valence-corrected chi connectivity index (χ2v) is 11.1. The standard InChI is InChI=1S/C12H8Cl2O3S.C12H9ClO3S/c13-8-5-6-9(11(14)7-8)10-3-1-2-4-12(10)18(15,16)17;13-10-6-7-12(17(14,15)16)11(8-10)9-4-2-1-3-5-9/h1-7H,(H,15,16,17);1-8H,(H,14,15,16). The fourth-order valence-electron chi connectivity index (χ4n) is 3.19. The number of hydrogen-bond donors (Lipinski definition) is 2. The molecule has 0 fully saturated rings. The molecule has 4 aromatic rings. The molecular weight excluding hydrogens is 555 g/mol. The summed E-state index contributed by atoms with van der Waals surface area (Å²) in [6.07, 6.45) is 0. The van der Waals surface area contributed by atoms with E-state index in [1.54, 1.807) is 48.5 Å². The maximum Gasteiger partial charge on any atom is 0.295 e. The largest absolute Gasteiger partial charge is 0.295 e. The lowest BCUT2D eigenvalue weighted by Gasteiger charge is -2.09. The Morgan fingerprint density at radius 2 is 1.03 bits per heavy atom. The van der Waals surface area contributed by atoms with E-state index in [0.29, 0.717) is 37.3 Å². The number of halogens is 3. The van der Waals surface area contributed by atoms with E-state index in [1.807, 2.05) is 6.07 Å². The highest BCUT2D eigenvalue weighted by Crippen LogP contribution is 2.34. The molecule has 0 bridgehead atoms. The van der Waals surface area contributed by atoms with Crippen LogP contribution < -0.4 is 0 Å². The summed E-state index contributed by atoms with van der Waals surface area (Å²) in [6.45, 7) is 0. The van der Waals surface area contributed by atoms with Crippen molar-refractivity contribution >= 4 is 55.0 Å². The lowest BCUT2D eigenvalue weighted by atomic mass is 10.1. The molecule has 0 aromatic heterocycles. The zero-order valence-corrected chi connectivity index (χ0v) is 21.5. The van der Waals surface area contributed by atoms with Gasteiger partial charge in [-0.3, -0.25) is 9.11 Å². The Labute approximate surface area is 218 Å². The van der Waals surface area contributed by atoms with Crippen LogP contribution in [-0.4, -0.2) is 25.9 Å². The first-order valence-electron chi connectivity index (χ1n) is 9.72. The van der Waals surface area contributed by atoms with Crippen molar-refractivity contribution in [2.75, 3.05) is 0 Å². The molecule has 0 aliphatic rings. The summed E-state index contributed by atoms with van der Waals surface area (Å²) in [4.78, 5) is -0.331. The van der Waals surface area contributed by atoms with Gasteiger partial charge in [0, 0.05) is 31.8 Å². The smallest absolute Gasteiger partial charge is 0.282 e. The molecule has 6 nitrogen and oxygen atoms in total. The molecule has 4 rings (SSSR count). The number of hydrogen-bond acceptors (Lipinski definition) is 4. The lowest BCUT2D eigenvalue weighted by molar-refractivity contribution is 0.481. The molecule has 0 aliphatic heterocycles. The highest BCUT2D eigenvalue weighted by Gasteiger charge is 2.18. The topological polar surface area (TPSA) is 109 Å². The van der Waals surface area contributed by atoms with Crippen LogP contribution >= 0.6 is 34.8 Å². The zero-order chi connectivity index (χ0) is 25.8. The first-order valence-corrected chi connectivity index (χ1v) is 13.7. The van der Waals surface area contributed by atoms with Crippen LogP contribution in [0.4, 0.5) is 0 Å². The molecule has 2 N–H and O–H groups in total. The van der Waals surface area contributed by atoms with Crippen LogP contribution in [0.25, 0.3) is 22.3 Å². The second kappa shape index (κ2) is 11.1. The second-order valence-electron chi connectivity index (χ2n) is 7.08. The Morgan fingerprint density at radius 3 is 1.63 bits per heavy atom. The van der Waals surface area contributed by atoms with Crippen molar-refractivity contribution in [2.24, 2.45) is 0 Å². The highest BCUT2D eigenvalue weighted by molar-refractivity contribution is 7.86. The summed E-state index contributed by atoms with van der Waals surface area (Å²) >= 11 is 17.6. The Morgan fingerprint density at radius 1 is 0.514 bits per heavy atom. The van der Waals surface area contributed by atoms with E-state index in [0.717, 1.165) is 0 Å². The lowest BCUT2D eigenvalue weighted by Crippen LogP contribution is -2.00. The highest BCUT2D eigenvalue weighted by atomic mass is 35.5. The summed E-state index contributed by atoms with van der Waals surface area (Å²) < 4.78 is 63.4. The van der Waals surface area contributed by atoms with Gasteiger partial charge in [0.25, 0.3) is 20.2 Å². The van der Waals surface area contributed by atoms with Gasteiger partial charge in [0.15, 0.2) is 0 Å². The van der Waals surface area contributed by atoms with Crippen molar-refractivity contribution in [3.8, 4) is 22.3 Å². The van der Waals surface area contributed by atoms with E-state index in [9.17, 15) is 21.4 Å². The van der Waals surface area contributed by atoms with Crippen molar-refractivity contribution in [3.63, 3.8) is 0 Å². The van der Waals surface area contributed by atoms with E-state index < -0.39 is 20.2 Å². The molecule has 0 amide bonds. The molecule has 35 heavy (non-hydrogen) atoms. The molecular formula is C24H17Cl3O6S2. The van der Waals surface area contributed by atoms with Gasteiger partial charge in [-0.25, -0.2) is 0 Å². The third-order valence-electron chi connectivity index (χ3n) is 4.69. The van der Waals surface area contributed by atoms with Gasteiger partial charge in [0.1, 0.15) is 9.79 Å². The molecule has 0 saturated heterocycles. The van der Waals surface area contributed by atoms with Gasteiger partial charge in [-0.15, -0.1) is 0 Å². The van der Waals surface area contributed by atoms with E-state index in [2.05, 4.69) is 0 Å². The molecule has 0 atom stereocenters. The minimum Gasteiger partial charge on any atom is -0.282 e. The normalized spacial score (nSPS) is 11.5. The maximum atomic E-state index is 11.3. The summed E-state index contributed by atoms with van der Waals surface area (Å²) in [5.74, 6) is 0. The average Bonchev–Trinajstić information content (AvgIpc) is 2.79. The fourth-order valence-corrected chi connectivity index (χ4v) is 5.28. The average molecular weight is 572 g/mol. The first kappa shape index (κ1) is 27.2. The van der Waals surface area contributed by atoms with Gasteiger partial charge in [0.05, 0.1) is 0 Å². The third kappa shape index (κ3) is 7.05. The third-order valence-corrected chi connectivity index (χ3v) is 7.30. The van der Waals surface area contributed by atoms with E-state index >= 15 is 0 Å². The molecule has 0 aliphatic carbocycles. The molecule has 0 spiro atoms. The summed E-state index contributed by atoms with van der Waals surface area (Å²) in [5, 5.41) is 1.18. The quantitative estimate of drug-likeness (QED) is 0.252. The van der Waals surface area contributed by atoms with E-state index in [1.165, 1.54) is 36.4 Å². The maximum absolute atomic E-state index is 11.3. The van der Waals surface area contributed by atoms with Crippen molar-refractivity contribution < 1.29 is 25.9 Å². The van der Waals surface area contributed by atoms with E-state index in [-0.39, 0.29) is 9.79 Å². The number of benzene rings is 4. The van der Waals surface area contributed by atoms with Gasteiger partial charge in [0.2, 0.25) is 0 Å². The van der Waals surface area contributed by atoms with Crippen LogP contribution in [0.2, 0.25) is 15.1 Å². The van der Waals surface area contributed by atoms with Gasteiger partial charge in [-0.05, 0) is 42.0 Å². The van der Waals surface area contributed by atoms with Crippen LogP contribution in [0.15, 0.2) is 101 Å². The summed E-state index contributed by atoms with van der Waals surface area (Å²) in [7, 11) is -8.56. The zero-order valence-electron chi connectivity index (χ0n) is 17.6. The van der Waals surface area contributed by atoms with Crippen LogP contribution in [0.5, 0.6) is 0 Å². The van der Waals surface area contributed by atoms with Gasteiger partial charge in [-0.1, -0.05) is 89.4 Å². The Balaban J connectivity index is 0.000000196. The van der Waals surface area contributed by atoms with E-state index in [4.69, 9.17) is 39.4 Å². The molecule has 0 radical (unpaired) electrons. The monoisotopic (exact) mass is 570 g/mol. The Hall–Kier alpha value is -2.43. The van der Waals surface area contributed by atoms with Crippen molar-refractivity contribution in [3.05, 3.63) is 106 Å². The fraction of sp³-hybridized carbons (Fsp3) is 0. The van der Waals surface area contributed by atoms with Crippen LogP contribution in [0.1, 0.15) is 0 Å². The summed E-state index contributed by atoms with van der Waals surface area (Å²) in [6, 6.07) is 23.9. The van der Waals surface area contributed by atoms with Crippen molar-refractivity contribution in [1.82, 2.24) is 0 Å². The minimum absolute atomic E-state index is 0.145. The molecule has 0 unspecified atom stereocenters. The molecule has 11 heteroatoms. The van der Waals surface area contributed by atoms with Gasteiger partial charge >= 0.3 is 0 Å². The Bertz CT molecular complexity index is 1570. The predicted molar refractivity (Wildman–Crippen MR) is 138 cm³/mol. The molecule has 0 saturated carbocycles. The van der Waals surface area contributed by atoms with Gasteiger partial charge in [-0.2, -0.15) is 16.8 Å². The van der Waals surface area contributed by atoms with Crippen LogP contribution in [-0.2, 0) is 20.2 Å². The number of rotatable bonds is 4.